The van der Waals surface area contributed by atoms with Crippen LogP contribution in [0.5, 0.6) is 0 Å². The maximum atomic E-state index is 13.4. The van der Waals surface area contributed by atoms with Crippen LogP contribution in [0.2, 0.25) is 5.02 Å². The molecule has 34 heavy (non-hydrogen) atoms. The molecule has 0 saturated heterocycles. The van der Waals surface area contributed by atoms with Crippen LogP contribution < -0.4 is 5.32 Å². The molecular weight excluding hydrogens is 490 g/mol. The van der Waals surface area contributed by atoms with Gasteiger partial charge in [0.1, 0.15) is 10.7 Å². The Hall–Kier alpha value is -3.61. The molecule has 0 spiro atoms. The number of amides is 1. The summed E-state index contributed by atoms with van der Waals surface area (Å²) >= 11 is 6.09. The number of hydrogen-bond donors (Lipinski definition) is 1. The van der Waals surface area contributed by atoms with E-state index in [-0.39, 0.29) is 28.6 Å². The number of carbonyl (C=O) groups is 1. The SMILES string of the molecule is Cc1cc(C(F)(F)F)n2nc(C(=O)Nc3cnn(Cc4cccc(C(F)(F)F)c4)c3)c(Cl)c2n1. The van der Waals surface area contributed by atoms with Gasteiger partial charge in [0, 0.05) is 11.9 Å². The molecule has 3 heterocycles. The minimum absolute atomic E-state index is 0.0208. The summed E-state index contributed by atoms with van der Waals surface area (Å²) in [6.45, 7) is 1.32. The average molecular weight is 503 g/mol. The highest BCUT2D eigenvalue weighted by Gasteiger charge is 2.36. The standard InChI is InChI=1S/C20H13ClF6N6O/c1-10-5-14(20(25,26)27)33-17(29-10)15(21)16(31-33)18(34)30-13-7-28-32(9-13)8-11-3-2-4-12(6-11)19(22,23)24/h2-7,9H,8H2,1H3,(H,30,34). The topological polar surface area (TPSA) is 77.1 Å². The molecule has 0 saturated carbocycles. The Kier molecular flexibility index (Phi) is 5.75. The van der Waals surface area contributed by atoms with Crippen LogP contribution in [0.15, 0.2) is 42.7 Å². The average Bonchev–Trinajstić information content (AvgIpc) is 3.30. The summed E-state index contributed by atoms with van der Waals surface area (Å²) in [5.74, 6) is -0.917. The second-order valence-electron chi connectivity index (χ2n) is 7.26. The highest BCUT2D eigenvalue weighted by Crippen LogP contribution is 2.32. The summed E-state index contributed by atoms with van der Waals surface area (Å²) in [6.07, 6.45) is -6.70. The van der Waals surface area contributed by atoms with Gasteiger partial charge in [0.2, 0.25) is 0 Å². The van der Waals surface area contributed by atoms with Crippen molar-refractivity contribution < 1.29 is 31.1 Å². The lowest BCUT2D eigenvalue weighted by Gasteiger charge is -2.09. The number of carbonyl (C=O) groups excluding carboxylic acids is 1. The van der Waals surface area contributed by atoms with Gasteiger partial charge in [-0.25, -0.2) is 9.50 Å². The van der Waals surface area contributed by atoms with E-state index in [1.165, 1.54) is 36.1 Å². The molecule has 0 aliphatic carbocycles. The minimum atomic E-state index is -4.76. The van der Waals surface area contributed by atoms with E-state index in [4.69, 9.17) is 11.6 Å². The Morgan fingerprint density at radius 3 is 2.53 bits per heavy atom. The first-order valence-corrected chi connectivity index (χ1v) is 9.84. The Bertz CT molecular complexity index is 1390. The number of fused-ring (bicyclic) bond motifs is 1. The van der Waals surface area contributed by atoms with Crippen LogP contribution in [0.1, 0.15) is 33.0 Å². The van der Waals surface area contributed by atoms with Gasteiger partial charge >= 0.3 is 12.4 Å². The predicted molar refractivity (Wildman–Crippen MR) is 108 cm³/mol. The molecule has 0 atom stereocenters. The van der Waals surface area contributed by atoms with E-state index < -0.39 is 35.2 Å². The van der Waals surface area contributed by atoms with Crippen molar-refractivity contribution in [1.82, 2.24) is 24.4 Å². The fraction of sp³-hybridized carbons (Fsp3) is 0.200. The van der Waals surface area contributed by atoms with Gasteiger partial charge in [0.25, 0.3) is 5.91 Å². The van der Waals surface area contributed by atoms with Crippen molar-refractivity contribution in [3.05, 3.63) is 76.0 Å². The molecule has 0 fully saturated rings. The van der Waals surface area contributed by atoms with Crippen molar-refractivity contribution in [2.24, 2.45) is 0 Å². The van der Waals surface area contributed by atoms with Crippen molar-refractivity contribution in [1.29, 1.82) is 0 Å². The van der Waals surface area contributed by atoms with Crippen LogP contribution in [0.25, 0.3) is 5.65 Å². The zero-order valence-electron chi connectivity index (χ0n) is 17.0. The Morgan fingerprint density at radius 2 is 1.85 bits per heavy atom. The van der Waals surface area contributed by atoms with Crippen molar-refractivity contribution in [2.75, 3.05) is 5.32 Å². The molecule has 1 amide bonds. The van der Waals surface area contributed by atoms with Gasteiger partial charge in [-0.2, -0.15) is 36.5 Å². The van der Waals surface area contributed by atoms with Crippen LogP contribution in [0.3, 0.4) is 0 Å². The van der Waals surface area contributed by atoms with Gasteiger partial charge in [-0.1, -0.05) is 23.7 Å². The molecule has 0 aliphatic heterocycles. The van der Waals surface area contributed by atoms with Gasteiger partial charge in [-0.3, -0.25) is 9.48 Å². The number of benzene rings is 1. The van der Waals surface area contributed by atoms with Gasteiger partial charge in [0.15, 0.2) is 11.3 Å². The third-order valence-electron chi connectivity index (χ3n) is 4.66. The molecule has 178 valence electrons. The smallest absolute Gasteiger partial charge is 0.318 e. The van der Waals surface area contributed by atoms with E-state index in [1.54, 1.807) is 0 Å². The normalized spacial score (nSPS) is 12.4. The Morgan fingerprint density at radius 1 is 1.12 bits per heavy atom. The van der Waals surface area contributed by atoms with E-state index in [0.717, 1.165) is 18.2 Å². The molecule has 0 radical (unpaired) electrons. The first kappa shape index (κ1) is 23.5. The third kappa shape index (κ3) is 4.69. The molecule has 1 aromatic carbocycles. The lowest BCUT2D eigenvalue weighted by molar-refractivity contribution is -0.142. The zero-order valence-corrected chi connectivity index (χ0v) is 17.8. The molecule has 4 rings (SSSR count). The Balaban J connectivity index is 1.56. The lowest BCUT2D eigenvalue weighted by Crippen LogP contribution is -2.15. The van der Waals surface area contributed by atoms with E-state index in [0.29, 0.717) is 10.1 Å². The number of hydrogen-bond acceptors (Lipinski definition) is 4. The monoisotopic (exact) mass is 502 g/mol. The highest BCUT2D eigenvalue weighted by atomic mass is 35.5. The molecule has 0 unspecified atom stereocenters. The van der Waals surface area contributed by atoms with E-state index in [9.17, 15) is 31.1 Å². The van der Waals surface area contributed by atoms with E-state index >= 15 is 0 Å². The fourth-order valence-electron chi connectivity index (χ4n) is 3.20. The van der Waals surface area contributed by atoms with Crippen LogP contribution in [-0.2, 0) is 18.9 Å². The largest absolute Gasteiger partial charge is 0.433 e. The number of halogens is 7. The summed E-state index contributed by atoms with van der Waals surface area (Å²) < 4.78 is 80.4. The first-order valence-electron chi connectivity index (χ1n) is 9.46. The molecule has 0 bridgehead atoms. The number of aromatic nitrogens is 5. The summed E-state index contributed by atoms with van der Waals surface area (Å²) in [5, 5.41) is 9.68. The molecule has 4 aromatic rings. The highest BCUT2D eigenvalue weighted by molar-refractivity contribution is 6.37. The lowest BCUT2D eigenvalue weighted by atomic mass is 10.1. The second kappa shape index (κ2) is 8.31. The fourth-order valence-corrected chi connectivity index (χ4v) is 3.44. The quantitative estimate of drug-likeness (QED) is 0.388. The van der Waals surface area contributed by atoms with Crippen molar-refractivity contribution in [2.45, 2.75) is 25.8 Å². The third-order valence-corrected chi connectivity index (χ3v) is 5.00. The maximum absolute atomic E-state index is 13.4. The molecule has 0 aliphatic rings. The maximum Gasteiger partial charge on any atom is 0.433 e. The number of nitrogens with zero attached hydrogens (tertiary/aromatic N) is 5. The number of nitrogens with one attached hydrogen (secondary N) is 1. The van der Waals surface area contributed by atoms with Gasteiger partial charge in [-0.05, 0) is 30.7 Å². The van der Waals surface area contributed by atoms with Crippen molar-refractivity contribution in [3.8, 4) is 0 Å². The minimum Gasteiger partial charge on any atom is -0.318 e. The predicted octanol–water partition coefficient (Wildman–Crippen LogP) is 5.23. The van der Waals surface area contributed by atoms with E-state index in [2.05, 4.69) is 20.5 Å². The number of anilines is 1. The van der Waals surface area contributed by atoms with Crippen LogP contribution in [0.4, 0.5) is 32.0 Å². The summed E-state index contributed by atoms with van der Waals surface area (Å²) in [5.41, 5.74) is -2.30. The van der Waals surface area contributed by atoms with Crippen molar-refractivity contribution >= 4 is 28.8 Å². The molecular formula is C20H13ClF6N6O. The van der Waals surface area contributed by atoms with Crippen LogP contribution in [0, 0.1) is 6.92 Å². The number of rotatable bonds is 4. The number of aryl methyl sites for hydroxylation is 1. The molecule has 7 nitrogen and oxygen atoms in total. The van der Waals surface area contributed by atoms with Gasteiger partial charge in [-0.15, -0.1) is 0 Å². The first-order chi connectivity index (χ1) is 15.8. The Labute approximate surface area is 192 Å². The van der Waals surface area contributed by atoms with Gasteiger partial charge in [0.05, 0.1) is 24.0 Å². The molecule has 14 heteroatoms. The summed E-state index contributed by atoms with van der Waals surface area (Å²) in [6, 6.07) is 5.44. The zero-order chi connectivity index (χ0) is 24.8. The van der Waals surface area contributed by atoms with E-state index in [1.807, 2.05) is 0 Å². The summed E-state index contributed by atoms with van der Waals surface area (Å²) in [7, 11) is 0. The van der Waals surface area contributed by atoms with Crippen molar-refractivity contribution in [3.63, 3.8) is 0 Å². The molecule has 3 aromatic heterocycles. The van der Waals surface area contributed by atoms with Crippen LogP contribution in [-0.4, -0.2) is 30.3 Å². The van der Waals surface area contributed by atoms with Crippen LogP contribution >= 0.6 is 11.6 Å². The van der Waals surface area contributed by atoms with Gasteiger partial charge < -0.3 is 5.32 Å². The second-order valence-corrected chi connectivity index (χ2v) is 7.64. The number of alkyl halides is 6. The summed E-state index contributed by atoms with van der Waals surface area (Å²) in [4.78, 5) is 16.6. The molecule has 1 N–H and O–H groups in total.